The van der Waals surface area contributed by atoms with Crippen LogP contribution in [-0.4, -0.2) is 25.3 Å². The summed E-state index contributed by atoms with van der Waals surface area (Å²) < 4.78 is 6.40. The van der Waals surface area contributed by atoms with Crippen LogP contribution in [0.4, 0.5) is 5.69 Å². The van der Waals surface area contributed by atoms with Crippen molar-refractivity contribution in [2.24, 2.45) is 5.73 Å². The predicted molar refractivity (Wildman–Crippen MR) is 74.6 cm³/mol. The van der Waals surface area contributed by atoms with E-state index >= 15 is 0 Å². The molecule has 1 aromatic carbocycles. The van der Waals surface area contributed by atoms with Gasteiger partial charge in [-0.25, -0.2) is 0 Å². The van der Waals surface area contributed by atoms with Crippen LogP contribution in [0.15, 0.2) is 22.7 Å². The number of nitrogens with one attached hydrogen (secondary N) is 1. The molecule has 1 atom stereocenters. The highest BCUT2D eigenvalue weighted by molar-refractivity contribution is 9.10. The van der Waals surface area contributed by atoms with Gasteiger partial charge in [0.2, 0.25) is 0 Å². The van der Waals surface area contributed by atoms with Crippen LogP contribution in [0.3, 0.4) is 0 Å². The van der Waals surface area contributed by atoms with Crippen LogP contribution >= 0.6 is 27.5 Å². The molecule has 1 fully saturated rings. The minimum absolute atomic E-state index is 0.147. The molecule has 1 aliphatic heterocycles. The molecule has 3 nitrogen and oxygen atoms in total. The Morgan fingerprint density at radius 2 is 2.35 bits per heavy atom. The Morgan fingerprint density at radius 1 is 1.53 bits per heavy atom. The molecule has 3 N–H and O–H groups in total. The lowest BCUT2D eigenvalue weighted by Gasteiger charge is -2.37. The summed E-state index contributed by atoms with van der Waals surface area (Å²) in [6, 6.07) is 5.79. The number of nitrogens with two attached hydrogens (primary N) is 1. The highest BCUT2D eigenvalue weighted by Gasteiger charge is 2.31. The Bertz CT molecular complexity index is 394. The minimum Gasteiger partial charge on any atom is -0.379 e. The fourth-order valence-corrected chi connectivity index (χ4v) is 2.54. The second-order valence-electron chi connectivity index (χ2n) is 4.39. The van der Waals surface area contributed by atoms with E-state index in [2.05, 4.69) is 21.2 Å². The molecule has 0 bridgehead atoms. The van der Waals surface area contributed by atoms with Crippen LogP contribution < -0.4 is 11.1 Å². The number of rotatable bonds is 3. The first-order chi connectivity index (χ1) is 8.15. The number of hydrogen-bond donors (Lipinski definition) is 2. The molecule has 0 radical (unpaired) electrons. The van der Waals surface area contributed by atoms with Gasteiger partial charge in [0.25, 0.3) is 0 Å². The summed E-state index contributed by atoms with van der Waals surface area (Å²) in [6.07, 6.45) is 2.07. The van der Waals surface area contributed by atoms with Gasteiger partial charge in [-0.1, -0.05) is 11.6 Å². The maximum Gasteiger partial charge on any atom is 0.0729 e. The topological polar surface area (TPSA) is 47.3 Å². The van der Waals surface area contributed by atoms with Crippen molar-refractivity contribution in [2.75, 3.05) is 25.1 Å². The number of anilines is 1. The fourth-order valence-electron chi connectivity index (χ4n) is 2.04. The molecule has 5 heteroatoms. The minimum atomic E-state index is -0.147. The van der Waals surface area contributed by atoms with Crippen LogP contribution in [-0.2, 0) is 4.74 Å². The summed E-state index contributed by atoms with van der Waals surface area (Å²) in [5.74, 6) is 0. The van der Waals surface area contributed by atoms with Crippen molar-refractivity contribution >= 4 is 33.2 Å². The Balaban J connectivity index is 2.14. The van der Waals surface area contributed by atoms with Crippen molar-refractivity contribution in [2.45, 2.75) is 18.4 Å². The molecular weight excluding hydrogens is 304 g/mol. The molecule has 2 rings (SSSR count). The van der Waals surface area contributed by atoms with Crippen molar-refractivity contribution in [1.29, 1.82) is 0 Å². The lowest BCUT2D eigenvalue weighted by molar-refractivity contribution is 0.0502. The molecular formula is C12H16BrClN2O. The summed E-state index contributed by atoms with van der Waals surface area (Å²) in [6.45, 7) is 2.05. The third-order valence-electron chi connectivity index (χ3n) is 3.04. The normalized spacial score (nSPS) is 24.6. The monoisotopic (exact) mass is 318 g/mol. The largest absolute Gasteiger partial charge is 0.379 e. The van der Waals surface area contributed by atoms with Crippen LogP contribution in [0.25, 0.3) is 0 Å². The quantitative estimate of drug-likeness (QED) is 0.900. The van der Waals surface area contributed by atoms with Crippen molar-refractivity contribution in [3.63, 3.8) is 0 Å². The summed E-state index contributed by atoms with van der Waals surface area (Å²) >= 11 is 9.38. The molecule has 1 saturated heterocycles. The molecule has 0 spiro atoms. The van der Waals surface area contributed by atoms with E-state index in [9.17, 15) is 0 Å². The van der Waals surface area contributed by atoms with Gasteiger partial charge in [-0.3, -0.25) is 0 Å². The first kappa shape index (κ1) is 13.1. The molecule has 1 aromatic rings. The molecule has 0 aliphatic carbocycles. The number of benzene rings is 1. The van der Waals surface area contributed by atoms with E-state index < -0.39 is 0 Å². The average molecular weight is 320 g/mol. The Morgan fingerprint density at radius 3 is 2.94 bits per heavy atom. The summed E-state index contributed by atoms with van der Waals surface area (Å²) in [4.78, 5) is 0. The third-order valence-corrected chi connectivity index (χ3v) is 4.26. The zero-order chi connectivity index (χ0) is 12.3. The SMILES string of the molecule is NCC1(Nc2ccc(Cl)c(Br)c2)CCCOC1. The Hall–Kier alpha value is -0.290. The zero-order valence-electron chi connectivity index (χ0n) is 9.51. The molecule has 0 aromatic heterocycles. The lowest BCUT2D eigenvalue weighted by Crippen LogP contribution is -2.51. The molecule has 0 amide bonds. The third kappa shape index (κ3) is 3.13. The summed E-state index contributed by atoms with van der Waals surface area (Å²) in [5, 5.41) is 4.18. The van der Waals surface area contributed by atoms with E-state index in [0.29, 0.717) is 18.2 Å². The summed E-state index contributed by atoms with van der Waals surface area (Å²) in [5.41, 5.74) is 6.74. The summed E-state index contributed by atoms with van der Waals surface area (Å²) in [7, 11) is 0. The molecule has 1 aliphatic rings. The molecule has 1 heterocycles. The number of halogens is 2. The first-order valence-corrected chi connectivity index (χ1v) is 6.83. The highest BCUT2D eigenvalue weighted by Crippen LogP contribution is 2.29. The van der Waals surface area contributed by atoms with Gasteiger partial charge in [-0.05, 0) is 47.0 Å². The van der Waals surface area contributed by atoms with E-state index in [1.54, 1.807) is 0 Å². The molecule has 17 heavy (non-hydrogen) atoms. The zero-order valence-corrected chi connectivity index (χ0v) is 11.9. The van der Waals surface area contributed by atoms with Crippen molar-refractivity contribution < 1.29 is 4.74 Å². The fraction of sp³-hybridized carbons (Fsp3) is 0.500. The van der Waals surface area contributed by atoms with Gasteiger partial charge >= 0.3 is 0 Å². The van der Waals surface area contributed by atoms with Crippen LogP contribution in [0.5, 0.6) is 0 Å². The van der Waals surface area contributed by atoms with Crippen LogP contribution in [0, 0.1) is 0 Å². The number of hydrogen-bond acceptors (Lipinski definition) is 3. The van der Waals surface area contributed by atoms with Crippen LogP contribution in [0.1, 0.15) is 12.8 Å². The van der Waals surface area contributed by atoms with E-state index in [-0.39, 0.29) is 5.54 Å². The molecule has 0 saturated carbocycles. The molecule has 1 unspecified atom stereocenters. The maximum absolute atomic E-state index is 5.97. The maximum atomic E-state index is 5.97. The average Bonchev–Trinajstić information content (AvgIpc) is 2.35. The Kier molecular flexibility index (Phi) is 4.31. The van der Waals surface area contributed by atoms with Gasteiger partial charge < -0.3 is 15.8 Å². The van der Waals surface area contributed by atoms with Crippen molar-refractivity contribution in [3.05, 3.63) is 27.7 Å². The molecule has 94 valence electrons. The van der Waals surface area contributed by atoms with Crippen LogP contribution in [0.2, 0.25) is 5.02 Å². The van der Waals surface area contributed by atoms with E-state index in [0.717, 1.165) is 29.6 Å². The van der Waals surface area contributed by atoms with Crippen molar-refractivity contribution in [3.8, 4) is 0 Å². The lowest BCUT2D eigenvalue weighted by atomic mass is 9.92. The van der Waals surface area contributed by atoms with Gasteiger partial charge in [0.05, 0.1) is 17.2 Å². The van der Waals surface area contributed by atoms with Crippen molar-refractivity contribution in [1.82, 2.24) is 0 Å². The van der Waals surface area contributed by atoms with E-state index in [4.69, 9.17) is 22.1 Å². The highest BCUT2D eigenvalue weighted by atomic mass is 79.9. The van der Waals surface area contributed by atoms with Gasteiger partial charge in [0.15, 0.2) is 0 Å². The van der Waals surface area contributed by atoms with Gasteiger partial charge in [-0.2, -0.15) is 0 Å². The Labute approximate surface area is 115 Å². The van der Waals surface area contributed by atoms with Gasteiger partial charge in [-0.15, -0.1) is 0 Å². The smallest absolute Gasteiger partial charge is 0.0729 e. The van der Waals surface area contributed by atoms with E-state index in [1.807, 2.05) is 18.2 Å². The second-order valence-corrected chi connectivity index (χ2v) is 5.66. The second kappa shape index (κ2) is 5.57. The standard InChI is InChI=1S/C12H16BrClN2O/c13-10-6-9(2-3-11(10)14)16-12(7-15)4-1-5-17-8-12/h2-3,6,16H,1,4-5,7-8,15H2. The van der Waals surface area contributed by atoms with Gasteiger partial charge in [0.1, 0.15) is 0 Å². The number of ether oxygens (including phenoxy) is 1. The first-order valence-electron chi connectivity index (χ1n) is 5.66. The predicted octanol–water partition coefficient (Wildman–Crippen LogP) is 3.02. The van der Waals surface area contributed by atoms with E-state index in [1.165, 1.54) is 0 Å². The van der Waals surface area contributed by atoms with Gasteiger partial charge in [0, 0.05) is 23.3 Å².